The maximum Gasteiger partial charge on any atom is 0.357 e. The van der Waals surface area contributed by atoms with Gasteiger partial charge in [-0.1, -0.05) is 6.07 Å². The van der Waals surface area contributed by atoms with Crippen molar-refractivity contribution in [3.8, 4) is 10.7 Å². The number of rotatable bonds is 3. The van der Waals surface area contributed by atoms with E-state index in [9.17, 15) is 4.79 Å². The normalized spacial score (nSPS) is 10.2. The highest BCUT2D eigenvalue weighted by molar-refractivity contribution is 7.13. The zero-order valence-electron chi connectivity index (χ0n) is 9.64. The molecule has 0 atom stereocenters. The first-order chi connectivity index (χ1) is 8.22. The largest absolute Gasteiger partial charge is 0.461 e. The summed E-state index contributed by atoms with van der Waals surface area (Å²) in [5, 5.41) is 2.44. The lowest BCUT2D eigenvalue weighted by molar-refractivity contribution is 0.0520. The number of carbonyl (C=O) groups is 1. The van der Waals surface area contributed by atoms with Gasteiger partial charge >= 0.3 is 5.97 Å². The molecule has 0 bridgehead atoms. The minimum atomic E-state index is -0.386. The molecule has 0 saturated heterocycles. The van der Waals surface area contributed by atoms with Gasteiger partial charge in [0.05, 0.1) is 6.61 Å². The van der Waals surface area contributed by atoms with E-state index in [0.29, 0.717) is 12.3 Å². The molecule has 0 amide bonds. The molecule has 88 valence electrons. The van der Waals surface area contributed by atoms with Crippen LogP contribution < -0.4 is 0 Å². The molecule has 17 heavy (non-hydrogen) atoms. The van der Waals surface area contributed by atoms with Crippen LogP contribution in [0.4, 0.5) is 0 Å². The molecule has 0 aliphatic rings. The SMILES string of the molecule is CCOC(=O)c1csc(-c2ncccc2C)n1. The Labute approximate surface area is 103 Å². The number of hydrogen-bond donors (Lipinski definition) is 0. The summed E-state index contributed by atoms with van der Waals surface area (Å²) >= 11 is 1.40. The Kier molecular flexibility index (Phi) is 3.49. The van der Waals surface area contributed by atoms with Gasteiger partial charge in [-0.25, -0.2) is 9.78 Å². The molecule has 0 unspecified atom stereocenters. The summed E-state index contributed by atoms with van der Waals surface area (Å²) < 4.78 is 4.89. The lowest BCUT2D eigenvalue weighted by Crippen LogP contribution is -2.04. The van der Waals surface area contributed by atoms with E-state index in [1.807, 2.05) is 19.1 Å². The highest BCUT2D eigenvalue weighted by atomic mass is 32.1. The lowest BCUT2D eigenvalue weighted by Gasteiger charge is -1.99. The summed E-state index contributed by atoms with van der Waals surface area (Å²) in [4.78, 5) is 20.0. The van der Waals surface area contributed by atoms with Crippen LogP contribution in [0.1, 0.15) is 23.0 Å². The van der Waals surface area contributed by atoms with Gasteiger partial charge in [0.1, 0.15) is 10.7 Å². The third-order valence-corrected chi connectivity index (χ3v) is 3.05. The summed E-state index contributed by atoms with van der Waals surface area (Å²) in [5.74, 6) is -0.386. The monoisotopic (exact) mass is 248 g/mol. The Hall–Kier alpha value is -1.75. The first-order valence-electron chi connectivity index (χ1n) is 5.27. The van der Waals surface area contributed by atoms with Crippen molar-refractivity contribution >= 4 is 17.3 Å². The molecule has 0 saturated carbocycles. The van der Waals surface area contributed by atoms with E-state index in [1.165, 1.54) is 11.3 Å². The number of thiazole rings is 1. The number of aromatic nitrogens is 2. The fourth-order valence-electron chi connectivity index (χ4n) is 1.39. The summed E-state index contributed by atoms with van der Waals surface area (Å²) in [7, 11) is 0. The van der Waals surface area contributed by atoms with Gasteiger partial charge in [0, 0.05) is 11.6 Å². The van der Waals surface area contributed by atoms with Crippen LogP contribution in [0.2, 0.25) is 0 Å². The summed E-state index contributed by atoms with van der Waals surface area (Å²) in [6.07, 6.45) is 1.72. The van der Waals surface area contributed by atoms with Crippen molar-refractivity contribution in [2.75, 3.05) is 6.61 Å². The molecule has 0 N–H and O–H groups in total. The minimum absolute atomic E-state index is 0.344. The molecule has 2 rings (SSSR count). The fraction of sp³-hybridized carbons (Fsp3) is 0.250. The number of aryl methyl sites for hydroxylation is 1. The predicted octanol–water partition coefficient (Wildman–Crippen LogP) is 2.69. The number of pyridine rings is 1. The maximum absolute atomic E-state index is 11.5. The zero-order chi connectivity index (χ0) is 12.3. The summed E-state index contributed by atoms with van der Waals surface area (Å²) in [6.45, 7) is 4.09. The van der Waals surface area contributed by atoms with Crippen LogP contribution in [0.5, 0.6) is 0 Å². The average Bonchev–Trinajstić information content (AvgIpc) is 2.79. The van der Waals surface area contributed by atoms with Crippen LogP contribution in [0, 0.1) is 6.92 Å². The molecule has 0 radical (unpaired) electrons. The second-order valence-electron chi connectivity index (χ2n) is 3.43. The zero-order valence-corrected chi connectivity index (χ0v) is 10.5. The third-order valence-electron chi connectivity index (χ3n) is 2.20. The van der Waals surface area contributed by atoms with Gasteiger partial charge < -0.3 is 4.74 Å². The van der Waals surface area contributed by atoms with E-state index in [0.717, 1.165) is 16.3 Å². The van der Waals surface area contributed by atoms with Crippen molar-refractivity contribution in [1.82, 2.24) is 9.97 Å². The molecule has 0 aliphatic carbocycles. The standard InChI is InChI=1S/C12H12N2O2S/c1-3-16-12(15)9-7-17-11(14-9)10-8(2)5-4-6-13-10/h4-7H,3H2,1-2H3. The number of ether oxygens (including phenoxy) is 1. The van der Waals surface area contributed by atoms with Crippen molar-refractivity contribution < 1.29 is 9.53 Å². The Bertz CT molecular complexity index is 537. The van der Waals surface area contributed by atoms with Crippen LogP contribution in [0.25, 0.3) is 10.7 Å². The predicted molar refractivity (Wildman–Crippen MR) is 66.0 cm³/mol. The molecule has 2 heterocycles. The molecule has 0 aromatic carbocycles. The molecule has 5 heteroatoms. The van der Waals surface area contributed by atoms with Crippen molar-refractivity contribution in [2.45, 2.75) is 13.8 Å². The molecular weight excluding hydrogens is 236 g/mol. The highest BCUT2D eigenvalue weighted by Gasteiger charge is 2.14. The third kappa shape index (κ3) is 2.50. The van der Waals surface area contributed by atoms with Crippen LogP contribution in [0.15, 0.2) is 23.7 Å². The van der Waals surface area contributed by atoms with Gasteiger partial charge in [-0.2, -0.15) is 0 Å². The summed E-state index contributed by atoms with van der Waals surface area (Å²) in [5.41, 5.74) is 2.20. The molecule has 0 spiro atoms. The highest BCUT2D eigenvalue weighted by Crippen LogP contribution is 2.24. The van der Waals surface area contributed by atoms with Gasteiger partial charge in [0.15, 0.2) is 5.69 Å². The number of hydrogen-bond acceptors (Lipinski definition) is 5. The van der Waals surface area contributed by atoms with Gasteiger partial charge in [-0.05, 0) is 25.5 Å². The minimum Gasteiger partial charge on any atom is -0.461 e. The molecule has 4 nitrogen and oxygen atoms in total. The topological polar surface area (TPSA) is 52.1 Å². The van der Waals surface area contributed by atoms with E-state index in [2.05, 4.69) is 9.97 Å². The second-order valence-corrected chi connectivity index (χ2v) is 4.29. The van der Waals surface area contributed by atoms with E-state index < -0.39 is 0 Å². The number of nitrogens with zero attached hydrogens (tertiary/aromatic N) is 2. The van der Waals surface area contributed by atoms with E-state index in [-0.39, 0.29) is 5.97 Å². The fourth-order valence-corrected chi connectivity index (χ4v) is 2.24. The summed E-state index contributed by atoms with van der Waals surface area (Å²) in [6, 6.07) is 3.84. The molecule has 0 fully saturated rings. The van der Waals surface area contributed by atoms with Crippen LogP contribution in [-0.4, -0.2) is 22.5 Å². The number of esters is 1. The lowest BCUT2D eigenvalue weighted by atomic mass is 10.2. The Morgan fingerprint density at radius 1 is 1.53 bits per heavy atom. The van der Waals surface area contributed by atoms with Crippen molar-refractivity contribution in [3.05, 3.63) is 35.0 Å². The van der Waals surface area contributed by atoms with Gasteiger partial charge in [0.2, 0.25) is 0 Å². The maximum atomic E-state index is 11.5. The van der Waals surface area contributed by atoms with Crippen LogP contribution in [-0.2, 0) is 4.74 Å². The smallest absolute Gasteiger partial charge is 0.357 e. The quantitative estimate of drug-likeness (QED) is 0.784. The van der Waals surface area contributed by atoms with E-state index in [4.69, 9.17) is 4.74 Å². The average molecular weight is 248 g/mol. The second kappa shape index (κ2) is 5.05. The molecule has 0 aliphatic heterocycles. The molecular formula is C12H12N2O2S. The van der Waals surface area contributed by atoms with Gasteiger partial charge in [-0.3, -0.25) is 4.98 Å². The van der Waals surface area contributed by atoms with Crippen molar-refractivity contribution in [1.29, 1.82) is 0 Å². The Morgan fingerprint density at radius 3 is 3.06 bits per heavy atom. The Balaban J connectivity index is 2.30. The van der Waals surface area contributed by atoms with Crippen molar-refractivity contribution in [2.24, 2.45) is 0 Å². The molecule has 2 aromatic rings. The van der Waals surface area contributed by atoms with Crippen LogP contribution in [0.3, 0.4) is 0 Å². The van der Waals surface area contributed by atoms with E-state index in [1.54, 1.807) is 18.5 Å². The first-order valence-corrected chi connectivity index (χ1v) is 6.15. The first kappa shape index (κ1) is 11.7. The number of carbonyl (C=O) groups excluding carboxylic acids is 1. The van der Waals surface area contributed by atoms with E-state index >= 15 is 0 Å². The molecule has 2 aromatic heterocycles. The van der Waals surface area contributed by atoms with Gasteiger partial charge in [0.25, 0.3) is 0 Å². The van der Waals surface area contributed by atoms with Crippen LogP contribution >= 0.6 is 11.3 Å². The van der Waals surface area contributed by atoms with Crippen molar-refractivity contribution in [3.63, 3.8) is 0 Å². The van der Waals surface area contributed by atoms with Gasteiger partial charge in [-0.15, -0.1) is 11.3 Å². The Morgan fingerprint density at radius 2 is 2.35 bits per heavy atom.